The molecule has 1 aromatic carbocycles. The van der Waals surface area contributed by atoms with E-state index in [2.05, 4.69) is 42.7 Å². The third-order valence-electron chi connectivity index (χ3n) is 2.11. The summed E-state index contributed by atoms with van der Waals surface area (Å²) in [4.78, 5) is 0. The molecule has 1 nitrogen and oxygen atoms in total. The summed E-state index contributed by atoms with van der Waals surface area (Å²) in [6.45, 7) is 5.55. The molecule has 0 bridgehead atoms. The van der Waals surface area contributed by atoms with Crippen LogP contribution in [0.1, 0.15) is 11.5 Å². The summed E-state index contributed by atoms with van der Waals surface area (Å²) in [6, 6.07) is 8.72. The summed E-state index contributed by atoms with van der Waals surface area (Å²) in [5.74, 6) is 0. The molecule has 0 atom stereocenters. The minimum absolute atomic E-state index is 0.576. The first-order valence-electron chi connectivity index (χ1n) is 4.21. The van der Waals surface area contributed by atoms with Gasteiger partial charge in [0.2, 0.25) is 0 Å². The molecule has 0 aliphatic rings. The van der Waals surface area contributed by atoms with Gasteiger partial charge < -0.3 is 0 Å². The second-order valence-electron chi connectivity index (χ2n) is 2.83. The van der Waals surface area contributed by atoms with Crippen LogP contribution in [-0.2, 0) is 6.54 Å². The van der Waals surface area contributed by atoms with Crippen molar-refractivity contribution in [2.75, 3.05) is 0 Å². The van der Waals surface area contributed by atoms with Gasteiger partial charge in [-0.15, -0.1) is 0 Å². The van der Waals surface area contributed by atoms with Crippen molar-refractivity contribution >= 4 is 24.3 Å². The molecule has 0 amide bonds. The quantitative estimate of drug-likeness (QED) is 0.511. The normalized spacial score (nSPS) is 10.8. The van der Waals surface area contributed by atoms with Crippen LogP contribution in [0.15, 0.2) is 24.3 Å². The summed E-state index contributed by atoms with van der Waals surface area (Å²) in [6.07, 6.45) is 0. The van der Waals surface area contributed by atoms with E-state index in [1.54, 1.807) is 0 Å². The maximum atomic E-state index is 2.41. The second kappa shape index (κ2) is 3.04. The topological polar surface area (TPSA) is 3.88 Å². The van der Waals surface area contributed by atoms with Crippen molar-refractivity contribution in [3.63, 3.8) is 0 Å². The zero-order valence-electron chi connectivity index (χ0n) is 7.37. The van der Waals surface area contributed by atoms with E-state index in [9.17, 15) is 0 Å². The maximum absolute atomic E-state index is 2.41. The van der Waals surface area contributed by atoms with E-state index in [4.69, 9.17) is 0 Å². The van der Waals surface area contributed by atoms with Crippen molar-refractivity contribution in [2.45, 2.75) is 20.4 Å². The number of rotatable bonds is 1. The number of aromatic nitrogens is 1. The van der Waals surface area contributed by atoms with Gasteiger partial charge in [-0.3, -0.25) is 0 Å². The van der Waals surface area contributed by atoms with Gasteiger partial charge in [-0.1, -0.05) is 0 Å². The standard InChI is InChI=1S/C10H12NSe/c1-3-11-8(2)12-10-7-5-4-6-9(10)11/h4-7H,3H2,1-2H3/q+1. The van der Waals surface area contributed by atoms with Crippen molar-refractivity contribution in [2.24, 2.45) is 0 Å². The molecule has 0 aliphatic heterocycles. The van der Waals surface area contributed by atoms with Crippen LogP contribution in [0.25, 0.3) is 9.78 Å². The van der Waals surface area contributed by atoms with Crippen molar-refractivity contribution in [1.82, 2.24) is 0 Å². The zero-order valence-corrected chi connectivity index (χ0v) is 9.09. The predicted octanol–water partition coefficient (Wildman–Crippen LogP) is 1.51. The molecular formula is C10H12NSe+. The molecule has 0 spiro atoms. The molecular weight excluding hydrogens is 213 g/mol. The van der Waals surface area contributed by atoms with Crippen molar-refractivity contribution in [3.05, 3.63) is 28.8 Å². The Balaban J connectivity index is 2.81. The number of benzene rings is 1. The predicted molar refractivity (Wildman–Crippen MR) is 51.5 cm³/mol. The molecule has 2 heteroatoms. The number of hydrogen-bond donors (Lipinski definition) is 0. The van der Waals surface area contributed by atoms with Gasteiger partial charge in [0.25, 0.3) is 0 Å². The third kappa shape index (κ3) is 1.12. The SMILES string of the molecule is CC[n+]1c(C)[se]c2ccccc21. The van der Waals surface area contributed by atoms with E-state index < -0.39 is 0 Å². The average molecular weight is 225 g/mol. The van der Waals surface area contributed by atoms with Gasteiger partial charge in [-0.05, 0) is 0 Å². The number of aryl methyl sites for hydroxylation is 2. The fraction of sp³-hybridized carbons (Fsp3) is 0.300. The fourth-order valence-electron chi connectivity index (χ4n) is 1.54. The molecule has 0 N–H and O–H groups in total. The van der Waals surface area contributed by atoms with Crippen LogP contribution in [0, 0.1) is 6.92 Å². The molecule has 0 saturated heterocycles. The monoisotopic (exact) mass is 226 g/mol. The molecule has 0 saturated carbocycles. The molecule has 12 heavy (non-hydrogen) atoms. The van der Waals surface area contributed by atoms with Crippen LogP contribution in [-0.4, -0.2) is 14.5 Å². The number of nitrogens with zero attached hydrogens (tertiary/aromatic N) is 1. The first kappa shape index (κ1) is 8.03. The molecule has 0 radical (unpaired) electrons. The fourth-order valence-corrected chi connectivity index (χ4v) is 3.82. The first-order chi connectivity index (χ1) is 5.83. The molecule has 2 rings (SSSR count). The van der Waals surface area contributed by atoms with Crippen LogP contribution >= 0.6 is 0 Å². The Morgan fingerprint density at radius 3 is 2.83 bits per heavy atom. The van der Waals surface area contributed by atoms with Gasteiger partial charge in [-0.2, -0.15) is 0 Å². The van der Waals surface area contributed by atoms with Gasteiger partial charge in [0, 0.05) is 0 Å². The average Bonchev–Trinajstić information content (AvgIpc) is 2.40. The Hall–Kier alpha value is -0.591. The van der Waals surface area contributed by atoms with E-state index in [0.717, 1.165) is 6.54 Å². The minimum atomic E-state index is 0.576. The van der Waals surface area contributed by atoms with E-state index >= 15 is 0 Å². The van der Waals surface area contributed by atoms with Gasteiger partial charge in [0.15, 0.2) is 0 Å². The molecule has 62 valence electrons. The molecule has 2 aromatic rings. The van der Waals surface area contributed by atoms with Crippen LogP contribution in [0.5, 0.6) is 0 Å². The molecule has 0 fully saturated rings. The molecule has 1 heterocycles. The summed E-state index contributed by atoms with van der Waals surface area (Å²) in [5.41, 5.74) is 1.43. The van der Waals surface area contributed by atoms with Gasteiger partial charge in [0.05, 0.1) is 0 Å². The number of para-hydroxylation sites is 1. The summed E-state index contributed by atoms with van der Waals surface area (Å²) in [7, 11) is 0. The first-order valence-corrected chi connectivity index (χ1v) is 5.92. The van der Waals surface area contributed by atoms with E-state index in [1.165, 1.54) is 14.3 Å². The Morgan fingerprint density at radius 1 is 1.33 bits per heavy atom. The molecule has 0 unspecified atom stereocenters. The Morgan fingerprint density at radius 2 is 2.08 bits per heavy atom. The van der Waals surface area contributed by atoms with Gasteiger partial charge in [0.1, 0.15) is 0 Å². The zero-order chi connectivity index (χ0) is 8.55. The van der Waals surface area contributed by atoms with E-state index in [-0.39, 0.29) is 0 Å². The van der Waals surface area contributed by atoms with E-state index in [0.29, 0.717) is 14.5 Å². The van der Waals surface area contributed by atoms with Crippen molar-refractivity contribution < 1.29 is 4.57 Å². The van der Waals surface area contributed by atoms with Crippen LogP contribution < -0.4 is 4.57 Å². The van der Waals surface area contributed by atoms with Crippen molar-refractivity contribution in [1.29, 1.82) is 0 Å². The summed E-state index contributed by atoms with van der Waals surface area (Å²) >= 11 is 0.576. The van der Waals surface area contributed by atoms with Crippen LogP contribution in [0.4, 0.5) is 0 Å². The third-order valence-corrected chi connectivity index (χ3v) is 4.38. The Labute approximate surface area is 78.4 Å². The Kier molecular flexibility index (Phi) is 2.03. The van der Waals surface area contributed by atoms with Crippen LogP contribution in [0.3, 0.4) is 0 Å². The molecule has 0 aliphatic carbocycles. The van der Waals surface area contributed by atoms with Gasteiger partial charge >= 0.3 is 78.1 Å². The summed E-state index contributed by atoms with van der Waals surface area (Å²) in [5, 5.41) is 0. The van der Waals surface area contributed by atoms with E-state index in [1.807, 2.05) is 0 Å². The van der Waals surface area contributed by atoms with Crippen molar-refractivity contribution in [3.8, 4) is 0 Å². The molecule has 1 aromatic heterocycles. The second-order valence-corrected chi connectivity index (χ2v) is 5.42. The number of hydrogen-bond acceptors (Lipinski definition) is 0. The Bertz CT molecular complexity index is 403. The summed E-state index contributed by atoms with van der Waals surface area (Å²) < 4.78 is 5.48. The number of fused-ring (bicyclic) bond motifs is 1. The van der Waals surface area contributed by atoms with Gasteiger partial charge in [-0.25, -0.2) is 0 Å². The van der Waals surface area contributed by atoms with Crippen LogP contribution in [0.2, 0.25) is 0 Å².